The van der Waals surface area contributed by atoms with Crippen LogP contribution in [-0.2, 0) is 14.8 Å². The Morgan fingerprint density at radius 2 is 2.06 bits per heavy atom. The van der Waals surface area contributed by atoms with E-state index in [0.29, 0.717) is 17.4 Å². The number of carbonyl (C=O) groups excluding carboxylic acids is 1. The van der Waals surface area contributed by atoms with E-state index in [4.69, 9.17) is 4.74 Å². The van der Waals surface area contributed by atoms with Crippen LogP contribution in [0.1, 0.15) is 65.7 Å². The first-order chi connectivity index (χ1) is 16.9. The second-order valence-corrected chi connectivity index (χ2v) is 11.7. The Balaban J connectivity index is 1.58. The van der Waals surface area contributed by atoms with Crippen molar-refractivity contribution in [3.63, 3.8) is 0 Å². The van der Waals surface area contributed by atoms with Gasteiger partial charge in [0, 0.05) is 29.6 Å². The van der Waals surface area contributed by atoms with Crippen molar-refractivity contribution in [1.29, 1.82) is 0 Å². The van der Waals surface area contributed by atoms with Crippen LogP contribution >= 0.6 is 11.3 Å². The van der Waals surface area contributed by atoms with Crippen LogP contribution in [0.3, 0.4) is 0 Å². The monoisotopic (exact) mass is 509 g/mol. The number of sulfonamides is 1. The Labute approximate surface area is 209 Å². The fraction of sp³-hybridized carbons (Fsp3) is 0.346. The highest BCUT2D eigenvalue weighted by molar-refractivity contribution is 7.92. The van der Waals surface area contributed by atoms with Crippen molar-refractivity contribution in [2.24, 2.45) is 5.92 Å². The van der Waals surface area contributed by atoms with E-state index < -0.39 is 16.0 Å². The second-order valence-electron chi connectivity index (χ2n) is 8.95. The lowest BCUT2D eigenvalue weighted by atomic mass is 9.87. The average molecular weight is 510 g/mol. The maximum atomic E-state index is 13.6. The van der Waals surface area contributed by atoms with E-state index in [2.05, 4.69) is 29.0 Å². The van der Waals surface area contributed by atoms with E-state index in [1.54, 1.807) is 43.5 Å². The number of ether oxygens (including phenoxy) is 1. The Bertz CT molecular complexity index is 1380. The van der Waals surface area contributed by atoms with Crippen LogP contribution < -0.4 is 4.31 Å². The third-order valence-corrected chi connectivity index (χ3v) is 9.17. The molecular weight excluding hydrogens is 482 g/mol. The topological polar surface area (TPSA) is 89.5 Å². The molecule has 1 aliphatic heterocycles. The number of carbonyl (C=O) groups is 1. The molecule has 182 valence electrons. The molecule has 9 heteroatoms. The van der Waals surface area contributed by atoms with Crippen LogP contribution in [0.15, 0.2) is 58.9 Å². The van der Waals surface area contributed by atoms with Gasteiger partial charge in [-0.2, -0.15) is 0 Å². The van der Waals surface area contributed by atoms with Gasteiger partial charge in [0.25, 0.3) is 10.0 Å². The number of nitrogens with zero attached hydrogens (tertiary/aromatic N) is 3. The molecule has 0 N–H and O–H groups in total. The third kappa shape index (κ3) is 4.50. The van der Waals surface area contributed by atoms with Gasteiger partial charge in [-0.25, -0.2) is 27.5 Å². The second kappa shape index (κ2) is 9.54. The lowest BCUT2D eigenvalue weighted by molar-refractivity contribution is 0.0525. The Kier molecular flexibility index (Phi) is 6.46. The summed E-state index contributed by atoms with van der Waals surface area (Å²) in [5, 5.41) is 2.08. The number of esters is 1. The van der Waals surface area contributed by atoms with Crippen LogP contribution in [0, 0.1) is 5.92 Å². The van der Waals surface area contributed by atoms with Crippen molar-refractivity contribution < 1.29 is 17.9 Å². The lowest BCUT2D eigenvalue weighted by Crippen LogP contribution is -2.30. The van der Waals surface area contributed by atoms with Gasteiger partial charge in [-0.1, -0.05) is 31.2 Å². The molecule has 0 bridgehead atoms. The Hall–Kier alpha value is -3.04. The van der Waals surface area contributed by atoms with Gasteiger partial charge in [-0.15, -0.1) is 11.3 Å². The van der Waals surface area contributed by atoms with E-state index >= 15 is 0 Å². The molecule has 2 atom stereocenters. The number of allylic oxidation sites excluding steroid dienone is 2. The smallest absolute Gasteiger partial charge is 0.367 e. The molecule has 0 saturated heterocycles. The highest BCUT2D eigenvalue weighted by Gasteiger charge is 2.40. The van der Waals surface area contributed by atoms with Crippen LogP contribution in [0.2, 0.25) is 0 Å². The van der Waals surface area contributed by atoms with Crippen LogP contribution in [0.5, 0.6) is 0 Å². The summed E-state index contributed by atoms with van der Waals surface area (Å²) in [4.78, 5) is 21.6. The third-order valence-electron chi connectivity index (χ3n) is 6.56. The number of aromatic nitrogens is 2. The van der Waals surface area contributed by atoms with Gasteiger partial charge in [0.05, 0.1) is 17.2 Å². The highest BCUT2D eigenvalue weighted by atomic mass is 32.2. The number of anilines is 1. The fourth-order valence-electron chi connectivity index (χ4n) is 4.61. The molecule has 1 aromatic carbocycles. The largest absolute Gasteiger partial charge is 0.461 e. The maximum Gasteiger partial charge on any atom is 0.367 e. The van der Waals surface area contributed by atoms with Crippen molar-refractivity contribution in [1.82, 2.24) is 9.97 Å². The summed E-state index contributed by atoms with van der Waals surface area (Å²) in [5.74, 6) is 0.275. The van der Waals surface area contributed by atoms with Gasteiger partial charge in [-0.3, -0.25) is 0 Å². The summed E-state index contributed by atoms with van der Waals surface area (Å²) in [6.45, 7) is 4.44. The molecular formula is C26H27N3O4S2. The number of benzene rings is 1. The molecule has 1 aliphatic carbocycles. The molecule has 0 saturated carbocycles. The van der Waals surface area contributed by atoms with Gasteiger partial charge in [0.15, 0.2) is 0 Å². The minimum atomic E-state index is -3.82. The molecule has 35 heavy (non-hydrogen) atoms. The maximum absolute atomic E-state index is 13.6. The molecule has 0 amide bonds. The molecule has 7 nitrogen and oxygen atoms in total. The van der Waals surface area contributed by atoms with Gasteiger partial charge in [0.1, 0.15) is 5.82 Å². The number of hydrogen-bond donors (Lipinski definition) is 0. The van der Waals surface area contributed by atoms with Crippen molar-refractivity contribution in [2.75, 3.05) is 17.5 Å². The number of thiazole rings is 1. The fourth-order valence-corrected chi connectivity index (χ4v) is 6.85. The molecule has 2 aromatic heterocycles. The molecule has 0 fully saturated rings. The summed E-state index contributed by atoms with van der Waals surface area (Å²) >= 11 is 1.21. The van der Waals surface area contributed by atoms with Crippen molar-refractivity contribution in [3.05, 3.63) is 75.9 Å². The standard InChI is InChI=1S/C26H27N3O4S2/c1-3-33-26(30)25-28-23(16-34-25)22-15-29(35(31,32)20-7-5-4-6-8-20)24-21(22)13-19(14-27-24)18-11-9-17(2)10-12-18/h4-8,11,13-14,16-17,22H,3,9-10,12,15H2,1-2H3. The van der Waals surface area contributed by atoms with Crippen molar-refractivity contribution >= 4 is 38.7 Å². The Morgan fingerprint density at radius 1 is 1.26 bits per heavy atom. The van der Waals surface area contributed by atoms with Crippen LogP contribution in [-0.4, -0.2) is 37.5 Å². The summed E-state index contributed by atoms with van der Waals surface area (Å²) in [7, 11) is -3.82. The predicted molar refractivity (Wildman–Crippen MR) is 136 cm³/mol. The molecule has 3 aromatic rings. The number of rotatable bonds is 6. The van der Waals surface area contributed by atoms with E-state index in [0.717, 1.165) is 30.4 Å². The van der Waals surface area contributed by atoms with Gasteiger partial charge in [0.2, 0.25) is 5.01 Å². The first-order valence-electron chi connectivity index (χ1n) is 11.8. The molecule has 0 spiro atoms. The lowest BCUT2D eigenvalue weighted by Gasteiger charge is -2.20. The molecule has 3 heterocycles. The predicted octanol–water partition coefficient (Wildman–Crippen LogP) is 5.26. The van der Waals surface area contributed by atoms with Crippen molar-refractivity contribution in [2.45, 2.75) is 43.9 Å². The number of fused-ring (bicyclic) bond motifs is 1. The summed E-state index contributed by atoms with van der Waals surface area (Å²) in [6, 6.07) is 10.4. The van der Waals surface area contributed by atoms with Gasteiger partial charge in [-0.05, 0) is 61.4 Å². The first-order valence-corrected chi connectivity index (χ1v) is 14.1. The zero-order valence-electron chi connectivity index (χ0n) is 19.7. The first kappa shape index (κ1) is 23.7. The average Bonchev–Trinajstić information content (AvgIpc) is 3.50. The zero-order chi connectivity index (χ0) is 24.6. The summed E-state index contributed by atoms with van der Waals surface area (Å²) < 4.78 is 33.6. The SMILES string of the molecule is CCOC(=O)c1nc(C2CN(S(=O)(=O)c3ccccc3)c3ncc(C4=CCC(C)CC4)cc32)cs1. The van der Waals surface area contributed by atoms with Crippen LogP contribution in [0.4, 0.5) is 5.82 Å². The molecule has 0 radical (unpaired) electrons. The molecule has 5 rings (SSSR count). The Morgan fingerprint density at radius 3 is 2.77 bits per heavy atom. The van der Waals surface area contributed by atoms with E-state index in [9.17, 15) is 13.2 Å². The van der Waals surface area contributed by atoms with E-state index in [-0.39, 0.29) is 29.0 Å². The van der Waals surface area contributed by atoms with E-state index in [1.807, 2.05) is 5.38 Å². The minimum Gasteiger partial charge on any atom is -0.461 e. The minimum absolute atomic E-state index is 0.172. The highest BCUT2D eigenvalue weighted by Crippen LogP contribution is 2.43. The number of hydrogen-bond acceptors (Lipinski definition) is 7. The quantitative estimate of drug-likeness (QED) is 0.421. The van der Waals surface area contributed by atoms with Crippen LogP contribution in [0.25, 0.3) is 5.57 Å². The van der Waals surface area contributed by atoms with Gasteiger partial charge >= 0.3 is 5.97 Å². The van der Waals surface area contributed by atoms with E-state index in [1.165, 1.54) is 21.2 Å². The van der Waals surface area contributed by atoms with Gasteiger partial charge < -0.3 is 4.74 Å². The normalized spacial score (nSPS) is 19.8. The van der Waals surface area contributed by atoms with Crippen molar-refractivity contribution in [3.8, 4) is 0 Å². The molecule has 2 unspecified atom stereocenters. The summed E-state index contributed by atoms with van der Waals surface area (Å²) in [5.41, 5.74) is 3.71. The number of pyridine rings is 1. The molecule has 2 aliphatic rings. The zero-order valence-corrected chi connectivity index (χ0v) is 21.3. The summed E-state index contributed by atoms with van der Waals surface area (Å²) in [6.07, 6.45) is 7.17.